The van der Waals surface area contributed by atoms with E-state index in [9.17, 15) is 0 Å². The predicted octanol–water partition coefficient (Wildman–Crippen LogP) is 10.3. The van der Waals surface area contributed by atoms with E-state index < -0.39 is 0 Å². The summed E-state index contributed by atoms with van der Waals surface area (Å²) in [5.74, 6) is 2.51. The average Bonchev–Trinajstić information content (AvgIpc) is 2.78. The summed E-state index contributed by atoms with van der Waals surface area (Å²) < 4.78 is 1.30. The molecule has 0 fully saturated rings. The summed E-state index contributed by atoms with van der Waals surface area (Å²) in [5.41, 5.74) is 2.77. The molecule has 1 rings (SSSR count). The summed E-state index contributed by atoms with van der Waals surface area (Å²) in [5, 5.41) is 0. The number of nitrogens with zero attached hydrogens (tertiary/aromatic N) is 1. The van der Waals surface area contributed by atoms with Crippen molar-refractivity contribution in [3.8, 4) is 0 Å². The molecule has 0 radical (unpaired) electrons. The van der Waals surface area contributed by atoms with E-state index in [1.165, 1.54) is 119 Å². The second kappa shape index (κ2) is 18.2. The van der Waals surface area contributed by atoms with Crippen molar-refractivity contribution in [1.29, 1.82) is 0 Å². The van der Waals surface area contributed by atoms with Gasteiger partial charge in [-0.25, -0.2) is 0 Å². The van der Waals surface area contributed by atoms with Gasteiger partial charge in [0.25, 0.3) is 0 Å². The van der Waals surface area contributed by atoms with E-state index >= 15 is 0 Å². The first-order chi connectivity index (χ1) is 16.3. The maximum atomic E-state index is 4.02. The molecule has 0 saturated heterocycles. The van der Waals surface area contributed by atoms with Gasteiger partial charge in [0.15, 0.2) is 0 Å². The monoisotopic (exact) mass is 470 g/mol. The van der Waals surface area contributed by atoms with E-state index in [0.717, 1.165) is 17.8 Å². The van der Waals surface area contributed by atoms with Gasteiger partial charge < -0.3 is 4.48 Å². The van der Waals surface area contributed by atoms with E-state index in [1.54, 1.807) is 0 Å². The van der Waals surface area contributed by atoms with E-state index in [0.29, 0.717) is 0 Å². The zero-order chi connectivity index (χ0) is 25.2. The molecule has 0 unspecified atom stereocenters. The minimum absolute atomic E-state index is 0.836. The van der Waals surface area contributed by atoms with Gasteiger partial charge in [-0.3, -0.25) is 0 Å². The molecule has 0 saturated carbocycles. The van der Waals surface area contributed by atoms with Crippen molar-refractivity contribution in [2.24, 2.45) is 17.8 Å². The molecule has 0 heterocycles. The third-order valence-corrected chi connectivity index (χ3v) is 7.45. The molecule has 0 N–H and O–H groups in total. The number of unbranched alkanes of at least 4 members (excludes halogenated alkanes) is 6. The first-order valence-electron chi connectivity index (χ1n) is 14.8. The lowest BCUT2D eigenvalue weighted by atomic mass is 10.0. The molecule has 0 amide bonds. The molecule has 0 spiro atoms. The molecule has 0 atom stereocenters. The Morgan fingerprint density at radius 1 is 0.647 bits per heavy atom. The lowest BCUT2D eigenvalue weighted by Crippen LogP contribution is -2.49. The van der Waals surface area contributed by atoms with Crippen molar-refractivity contribution < 1.29 is 4.48 Å². The Hall–Kier alpha value is -1.08. The normalized spacial score (nSPS) is 12.3. The zero-order valence-electron chi connectivity index (χ0n) is 24.1. The molecule has 1 aromatic rings. The van der Waals surface area contributed by atoms with Gasteiger partial charge in [-0.15, -0.1) is 0 Å². The summed E-state index contributed by atoms with van der Waals surface area (Å²) in [7, 11) is 0. The van der Waals surface area contributed by atoms with Gasteiger partial charge in [0.2, 0.25) is 0 Å². The average molecular weight is 471 g/mol. The number of hydrogen-bond acceptors (Lipinski definition) is 0. The van der Waals surface area contributed by atoms with E-state index in [-0.39, 0.29) is 0 Å². The molecule has 34 heavy (non-hydrogen) atoms. The zero-order valence-corrected chi connectivity index (χ0v) is 24.1. The number of hydrogen-bond donors (Lipinski definition) is 0. The summed E-state index contributed by atoms with van der Waals surface area (Å²) >= 11 is 0. The van der Waals surface area contributed by atoms with Crippen LogP contribution < -0.4 is 0 Å². The topological polar surface area (TPSA) is 0 Å². The molecule has 1 aromatic carbocycles. The molecule has 0 aliphatic heterocycles. The predicted molar refractivity (Wildman–Crippen MR) is 155 cm³/mol. The molecule has 1 nitrogen and oxygen atoms in total. The number of quaternary nitrogens is 1. The maximum Gasteiger partial charge on any atom is 0.104 e. The molecular weight excluding hydrogens is 410 g/mol. The van der Waals surface area contributed by atoms with Crippen LogP contribution in [0, 0.1) is 17.8 Å². The van der Waals surface area contributed by atoms with Crippen LogP contribution in [0.4, 0.5) is 0 Å². The minimum Gasteiger partial charge on any atom is -0.320 e. The standard InChI is InChI=1S/C33H60N/c1-8-32-22-18-23-33(27-32)28-34(24-15-9-12-19-29(2)3,25-16-10-13-20-30(4)5)26-17-11-14-21-31(6)7/h8,18,22-23,27,29-31H,1,9-17,19-21,24-26,28H2,2-7H3/q+1. The lowest BCUT2D eigenvalue weighted by Gasteiger charge is -2.40. The highest BCUT2D eigenvalue weighted by atomic mass is 15.3. The molecule has 196 valence electrons. The lowest BCUT2D eigenvalue weighted by molar-refractivity contribution is -0.941. The largest absolute Gasteiger partial charge is 0.320 e. The van der Waals surface area contributed by atoms with Crippen LogP contribution in [0.1, 0.15) is 130 Å². The summed E-state index contributed by atoms with van der Waals surface area (Å²) in [6.45, 7) is 23.4. The van der Waals surface area contributed by atoms with Gasteiger partial charge in [-0.05, 0) is 67.9 Å². The summed E-state index contributed by atoms with van der Waals surface area (Å²) in [6.07, 6.45) is 18.7. The van der Waals surface area contributed by atoms with Gasteiger partial charge in [0.05, 0.1) is 19.6 Å². The smallest absolute Gasteiger partial charge is 0.104 e. The SMILES string of the molecule is C=Cc1cccc(C[N+](CCCCCC(C)C)(CCCCCC(C)C)CCCCCC(C)C)c1. The first kappa shape index (κ1) is 31.0. The number of rotatable bonds is 21. The molecule has 0 bridgehead atoms. The van der Waals surface area contributed by atoms with Gasteiger partial charge in [0.1, 0.15) is 6.54 Å². The first-order valence-corrected chi connectivity index (χ1v) is 14.8. The molecular formula is C33H60N+. The van der Waals surface area contributed by atoms with Gasteiger partial charge in [-0.2, -0.15) is 0 Å². The third kappa shape index (κ3) is 15.0. The Morgan fingerprint density at radius 2 is 1.09 bits per heavy atom. The highest BCUT2D eigenvalue weighted by Crippen LogP contribution is 2.23. The molecule has 0 aromatic heterocycles. The second-order valence-electron chi connectivity index (χ2n) is 12.3. The van der Waals surface area contributed by atoms with Crippen molar-refractivity contribution in [1.82, 2.24) is 0 Å². The highest BCUT2D eigenvalue weighted by molar-refractivity contribution is 5.47. The van der Waals surface area contributed by atoms with Crippen molar-refractivity contribution in [3.05, 3.63) is 42.0 Å². The Balaban J connectivity index is 2.89. The molecule has 0 aliphatic rings. The Bertz CT molecular complexity index is 582. The summed E-state index contributed by atoms with van der Waals surface area (Å²) in [4.78, 5) is 0. The third-order valence-electron chi connectivity index (χ3n) is 7.45. The van der Waals surface area contributed by atoms with Gasteiger partial charge >= 0.3 is 0 Å². The fraction of sp³-hybridized carbons (Fsp3) is 0.758. The molecule has 1 heteroatoms. The molecule has 0 aliphatic carbocycles. The fourth-order valence-electron chi connectivity index (χ4n) is 5.31. The van der Waals surface area contributed by atoms with Crippen molar-refractivity contribution in [3.63, 3.8) is 0 Å². The minimum atomic E-state index is 0.836. The highest BCUT2D eigenvalue weighted by Gasteiger charge is 2.27. The Morgan fingerprint density at radius 3 is 1.47 bits per heavy atom. The number of benzene rings is 1. The van der Waals surface area contributed by atoms with Crippen molar-refractivity contribution >= 4 is 6.08 Å². The Labute approximate surface area is 215 Å². The van der Waals surface area contributed by atoms with E-state index in [2.05, 4.69) is 72.4 Å². The van der Waals surface area contributed by atoms with Crippen LogP contribution in [-0.4, -0.2) is 24.1 Å². The van der Waals surface area contributed by atoms with Crippen LogP contribution in [0.2, 0.25) is 0 Å². The van der Waals surface area contributed by atoms with Gasteiger partial charge in [0, 0.05) is 5.56 Å². The van der Waals surface area contributed by atoms with Crippen molar-refractivity contribution in [2.45, 2.75) is 125 Å². The van der Waals surface area contributed by atoms with Crippen LogP contribution in [0.25, 0.3) is 6.08 Å². The van der Waals surface area contributed by atoms with Crippen LogP contribution in [0.3, 0.4) is 0 Å². The van der Waals surface area contributed by atoms with Crippen LogP contribution in [-0.2, 0) is 6.54 Å². The van der Waals surface area contributed by atoms with Crippen molar-refractivity contribution in [2.75, 3.05) is 19.6 Å². The van der Waals surface area contributed by atoms with Crippen LogP contribution in [0.15, 0.2) is 30.8 Å². The quantitative estimate of drug-likeness (QED) is 0.124. The summed E-state index contributed by atoms with van der Waals surface area (Å²) in [6, 6.07) is 9.16. The van der Waals surface area contributed by atoms with Gasteiger partial charge in [-0.1, -0.05) is 111 Å². The van der Waals surface area contributed by atoms with E-state index in [4.69, 9.17) is 0 Å². The maximum absolute atomic E-state index is 4.02. The fourth-order valence-corrected chi connectivity index (χ4v) is 5.31. The van der Waals surface area contributed by atoms with Crippen LogP contribution in [0.5, 0.6) is 0 Å². The second-order valence-corrected chi connectivity index (χ2v) is 12.3. The van der Waals surface area contributed by atoms with Crippen LogP contribution >= 0.6 is 0 Å². The Kier molecular flexibility index (Phi) is 16.6. The van der Waals surface area contributed by atoms with E-state index in [1.807, 2.05) is 6.08 Å².